The minimum Gasteiger partial charge on any atom is -0.313 e. The first-order valence-corrected chi connectivity index (χ1v) is 7.17. The first-order chi connectivity index (χ1) is 7.91. The normalized spacial score (nSPS) is 15.5. The van der Waals surface area contributed by atoms with Crippen molar-refractivity contribution < 1.29 is 12.8 Å². The smallest absolute Gasteiger partial charge is 0.185 e. The van der Waals surface area contributed by atoms with Crippen molar-refractivity contribution in [2.75, 3.05) is 6.54 Å². The molecule has 1 aromatic rings. The molecule has 96 valence electrons. The summed E-state index contributed by atoms with van der Waals surface area (Å²) < 4.78 is 37.9. The van der Waals surface area contributed by atoms with Gasteiger partial charge in [0.05, 0.1) is 5.25 Å². The quantitative estimate of drug-likeness (QED) is 0.879. The summed E-state index contributed by atoms with van der Waals surface area (Å²) in [7, 11) is -3.63. The van der Waals surface area contributed by atoms with Gasteiger partial charge >= 0.3 is 0 Å². The van der Waals surface area contributed by atoms with Gasteiger partial charge in [-0.25, -0.2) is 12.8 Å². The Morgan fingerprint density at radius 1 is 1.29 bits per heavy atom. The number of hydrogen-bond acceptors (Lipinski definition) is 3. The standard InChI is InChI=1S/C12H18FNO2S/c1-4-14-9(2)10(3)17(15,16)12-8-6-5-7-11(12)13/h5-10,14H,4H2,1-3H3. The summed E-state index contributed by atoms with van der Waals surface area (Å²) in [6.45, 7) is 5.96. The summed E-state index contributed by atoms with van der Waals surface area (Å²) in [5.41, 5.74) is 0. The third kappa shape index (κ3) is 3.04. The molecule has 2 unspecified atom stereocenters. The molecule has 3 nitrogen and oxygen atoms in total. The van der Waals surface area contributed by atoms with E-state index in [0.29, 0.717) is 6.54 Å². The van der Waals surface area contributed by atoms with Crippen LogP contribution in [0.5, 0.6) is 0 Å². The van der Waals surface area contributed by atoms with Gasteiger partial charge in [-0.1, -0.05) is 19.1 Å². The fraction of sp³-hybridized carbons (Fsp3) is 0.500. The van der Waals surface area contributed by atoms with Crippen LogP contribution in [-0.4, -0.2) is 26.3 Å². The van der Waals surface area contributed by atoms with Crippen LogP contribution < -0.4 is 5.32 Å². The molecule has 17 heavy (non-hydrogen) atoms. The first-order valence-electron chi connectivity index (χ1n) is 5.63. The maximum Gasteiger partial charge on any atom is 0.185 e. The minimum atomic E-state index is -3.63. The molecule has 0 aliphatic carbocycles. The van der Waals surface area contributed by atoms with Gasteiger partial charge in [0.1, 0.15) is 10.7 Å². The zero-order valence-electron chi connectivity index (χ0n) is 10.3. The second-order valence-electron chi connectivity index (χ2n) is 4.03. The number of benzene rings is 1. The van der Waals surface area contributed by atoms with Gasteiger partial charge in [0.2, 0.25) is 0 Å². The minimum absolute atomic E-state index is 0.218. The van der Waals surface area contributed by atoms with E-state index < -0.39 is 20.9 Å². The maximum atomic E-state index is 13.5. The first kappa shape index (κ1) is 14.1. The van der Waals surface area contributed by atoms with E-state index in [2.05, 4.69) is 5.32 Å². The second kappa shape index (κ2) is 5.60. The van der Waals surface area contributed by atoms with Crippen molar-refractivity contribution in [3.63, 3.8) is 0 Å². The zero-order chi connectivity index (χ0) is 13.1. The summed E-state index contributed by atoms with van der Waals surface area (Å²) in [5.74, 6) is -0.692. The van der Waals surface area contributed by atoms with Crippen LogP contribution in [-0.2, 0) is 9.84 Å². The fourth-order valence-electron chi connectivity index (χ4n) is 1.63. The monoisotopic (exact) mass is 259 g/mol. The lowest BCUT2D eigenvalue weighted by atomic mass is 10.2. The van der Waals surface area contributed by atoms with Gasteiger partial charge in [0, 0.05) is 6.04 Å². The van der Waals surface area contributed by atoms with Crippen LogP contribution in [0.25, 0.3) is 0 Å². The summed E-state index contributed by atoms with van der Waals surface area (Å²) in [6.07, 6.45) is 0. The topological polar surface area (TPSA) is 46.2 Å². The van der Waals surface area contributed by atoms with E-state index >= 15 is 0 Å². The van der Waals surface area contributed by atoms with Gasteiger partial charge in [-0.15, -0.1) is 0 Å². The predicted octanol–water partition coefficient (Wildman–Crippen LogP) is 1.99. The van der Waals surface area contributed by atoms with E-state index in [0.717, 1.165) is 6.07 Å². The number of halogens is 1. The average molecular weight is 259 g/mol. The molecule has 0 saturated carbocycles. The van der Waals surface area contributed by atoms with Crippen LogP contribution in [0.2, 0.25) is 0 Å². The lowest BCUT2D eigenvalue weighted by Gasteiger charge is -2.21. The Hall–Kier alpha value is -0.940. The molecule has 1 rings (SSSR count). The van der Waals surface area contributed by atoms with Crippen molar-refractivity contribution in [1.82, 2.24) is 5.32 Å². The summed E-state index contributed by atoms with van der Waals surface area (Å²) in [6, 6.07) is 5.26. The Kier molecular flexibility index (Phi) is 4.65. The average Bonchev–Trinajstić information content (AvgIpc) is 2.28. The van der Waals surface area contributed by atoms with Crippen LogP contribution in [0.4, 0.5) is 4.39 Å². The molecule has 0 spiro atoms. The lowest BCUT2D eigenvalue weighted by Crippen LogP contribution is -2.40. The third-order valence-corrected chi connectivity index (χ3v) is 5.19. The highest BCUT2D eigenvalue weighted by Gasteiger charge is 2.29. The third-order valence-electron chi connectivity index (χ3n) is 2.86. The number of rotatable bonds is 5. The highest BCUT2D eigenvalue weighted by Crippen LogP contribution is 2.20. The van der Waals surface area contributed by atoms with Crippen LogP contribution in [0.1, 0.15) is 20.8 Å². The molecule has 5 heteroatoms. The largest absolute Gasteiger partial charge is 0.313 e. The summed E-state index contributed by atoms with van der Waals surface area (Å²) in [5, 5.41) is 2.37. The van der Waals surface area contributed by atoms with Crippen LogP contribution in [0, 0.1) is 5.82 Å². The van der Waals surface area contributed by atoms with Gasteiger partial charge in [-0.3, -0.25) is 0 Å². The molecule has 1 N–H and O–H groups in total. The van der Waals surface area contributed by atoms with Gasteiger partial charge in [-0.2, -0.15) is 0 Å². The van der Waals surface area contributed by atoms with E-state index in [1.165, 1.54) is 18.2 Å². The van der Waals surface area contributed by atoms with Crippen molar-refractivity contribution in [2.24, 2.45) is 0 Å². The molecule has 0 aliphatic rings. The highest BCUT2D eigenvalue weighted by atomic mass is 32.2. The van der Waals surface area contributed by atoms with Gasteiger partial charge in [-0.05, 0) is 32.5 Å². The summed E-state index contributed by atoms with van der Waals surface area (Å²) in [4.78, 5) is -0.225. The Labute approximate surface area is 102 Å². The van der Waals surface area contributed by atoms with E-state index in [1.807, 2.05) is 6.92 Å². The summed E-state index contributed by atoms with van der Waals surface area (Å²) >= 11 is 0. The SMILES string of the molecule is CCNC(C)C(C)S(=O)(=O)c1ccccc1F. The highest BCUT2D eigenvalue weighted by molar-refractivity contribution is 7.92. The molecule has 1 aromatic carbocycles. The van der Waals surface area contributed by atoms with E-state index in [-0.39, 0.29) is 10.9 Å². The van der Waals surface area contributed by atoms with Crippen LogP contribution >= 0.6 is 0 Å². The Bertz CT molecular complexity index is 473. The van der Waals surface area contributed by atoms with Crippen molar-refractivity contribution in [3.8, 4) is 0 Å². The van der Waals surface area contributed by atoms with Crippen LogP contribution in [0.15, 0.2) is 29.2 Å². The Morgan fingerprint density at radius 3 is 2.41 bits per heavy atom. The molecule has 2 atom stereocenters. The van der Waals surface area contributed by atoms with Gasteiger partial charge < -0.3 is 5.32 Å². The van der Waals surface area contributed by atoms with Crippen molar-refractivity contribution in [1.29, 1.82) is 0 Å². The van der Waals surface area contributed by atoms with Crippen molar-refractivity contribution in [3.05, 3.63) is 30.1 Å². The molecular formula is C12H18FNO2S. The van der Waals surface area contributed by atoms with E-state index in [1.54, 1.807) is 13.8 Å². The molecule has 0 saturated heterocycles. The second-order valence-corrected chi connectivity index (χ2v) is 6.30. The molecule has 0 bridgehead atoms. The van der Waals surface area contributed by atoms with Gasteiger partial charge in [0.25, 0.3) is 0 Å². The molecular weight excluding hydrogens is 241 g/mol. The molecule has 0 amide bonds. The van der Waals surface area contributed by atoms with Crippen molar-refractivity contribution >= 4 is 9.84 Å². The molecule has 0 radical (unpaired) electrons. The Balaban J connectivity index is 3.08. The maximum absolute atomic E-state index is 13.5. The fourth-order valence-corrected chi connectivity index (χ4v) is 3.27. The zero-order valence-corrected chi connectivity index (χ0v) is 11.1. The van der Waals surface area contributed by atoms with E-state index in [4.69, 9.17) is 0 Å². The van der Waals surface area contributed by atoms with E-state index in [9.17, 15) is 12.8 Å². The molecule has 0 fully saturated rings. The number of sulfone groups is 1. The Morgan fingerprint density at radius 2 is 1.88 bits per heavy atom. The van der Waals surface area contributed by atoms with Crippen LogP contribution in [0.3, 0.4) is 0 Å². The lowest BCUT2D eigenvalue weighted by molar-refractivity contribution is 0.513. The molecule has 0 heterocycles. The van der Waals surface area contributed by atoms with Crippen molar-refractivity contribution in [2.45, 2.75) is 37.0 Å². The molecule has 0 aliphatic heterocycles. The predicted molar refractivity (Wildman–Crippen MR) is 66.2 cm³/mol. The molecule has 0 aromatic heterocycles. The number of hydrogen-bond donors (Lipinski definition) is 1. The number of nitrogens with one attached hydrogen (secondary N) is 1. The van der Waals surface area contributed by atoms with Gasteiger partial charge in [0.15, 0.2) is 9.84 Å².